The second-order valence-electron chi connectivity index (χ2n) is 7.12. The van der Waals surface area contributed by atoms with E-state index in [1.165, 1.54) is 12.2 Å². The van der Waals surface area contributed by atoms with Crippen molar-refractivity contribution in [2.45, 2.75) is 58.4 Å². The SMILES string of the molecule is CC(C)[C@@H]([C]=O)N(C(=O)CCCCCN1C(=O)C=CC1=O)N1C(=O)CCC1=O. The molecule has 0 N–H and O–H groups in total. The number of unbranched alkanes of at least 4 members (excludes halogenated alkanes) is 2. The predicted octanol–water partition coefficient (Wildman–Crippen LogP) is 0.499. The van der Waals surface area contributed by atoms with Crippen molar-refractivity contribution in [2.75, 3.05) is 6.54 Å². The van der Waals surface area contributed by atoms with Crippen LogP contribution >= 0.6 is 0 Å². The number of carbonyl (C=O) groups excluding carboxylic acids is 6. The van der Waals surface area contributed by atoms with E-state index < -0.39 is 23.8 Å². The molecule has 0 spiro atoms. The smallest absolute Gasteiger partial charge is 0.253 e. The molecule has 28 heavy (non-hydrogen) atoms. The van der Waals surface area contributed by atoms with Gasteiger partial charge in [0.05, 0.1) is 0 Å². The molecule has 2 aliphatic rings. The summed E-state index contributed by atoms with van der Waals surface area (Å²) in [5.41, 5.74) is 0. The van der Waals surface area contributed by atoms with Gasteiger partial charge in [0.15, 0.2) is 0 Å². The van der Waals surface area contributed by atoms with Crippen molar-refractivity contribution in [2.24, 2.45) is 5.92 Å². The lowest BCUT2D eigenvalue weighted by Gasteiger charge is -2.35. The maximum absolute atomic E-state index is 12.7. The molecule has 0 aromatic rings. The molecule has 5 amide bonds. The molecule has 0 saturated carbocycles. The van der Waals surface area contributed by atoms with Gasteiger partial charge in [-0.15, -0.1) is 0 Å². The highest BCUT2D eigenvalue weighted by Gasteiger charge is 2.41. The van der Waals surface area contributed by atoms with Crippen molar-refractivity contribution >= 4 is 35.8 Å². The molecule has 0 aromatic heterocycles. The van der Waals surface area contributed by atoms with Gasteiger partial charge in [-0.1, -0.05) is 20.3 Å². The van der Waals surface area contributed by atoms with Gasteiger partial charge in [-0.05, 0) is 18.8 Å². The van der Waals surface area contributed by atoms with Crippen molar-refractivity contribution in [1.82, 2.24) is 14.9 Å². The average Bonchev–Trinajstić information content (AvgIpc) is 3.14. The molecule has 151 valence electrons. The first-order valence-corrected chi connectivity index (χ1v) is 9.37. The van der Waals surface area contributed by atoms with Crippen LogP contribution in [0, 0.1) is 5.92 Å². The number of hydrazine groups is 1. The quantitative estimate of drug-likeness (QED) is 0.397. The molecular formula is C19H24N3O6. The molecule has 1 saturated heterocycles. The molecular weight excluding hydrogens is 366 g/mol. The van der Waals surface area contributed by atoms with Crippen LogP contribution < -0.4 is 0 Å². The van der Waals surface area contributed by atoms with Gasteiger partial charge < -0.3 is 0 Å². The predicted molar refractivity (Wildman–Crippen MR) is 96.6 cm³/mol. The highest BCUT2D eigenvalue weighted by molar-refractivity contribution is 6.12. The number of hydrogen-bond acceptors (Lipinski definition) is 6. The molecule has 2 heterocycles. The van der Waals surface area contributed by atoms with Crippen LogP contribution in [-0.2, 0) is 28.8 Å². The van der Waals surface area contributed by atoms with Gasteiger partial charge in [0.25, 0.3) is 11.8 Å². The Morgan fingerprint density at radius 2 is 1.61 bits per heavy atom. The largest absolute Gasteiger partial charge is 0.288 e. The topological polar surface area (TPSA) is 112 Å². The lowest BCUT2D eigenvalue weighted by Crippen LogP contribution is -2.56. The number of nitrogens with zero attached hydrogens (tertiary/aromatic N) is 3. The van der Waals surface area contributed by atoms with Gasteiger partial charge in [0.2, 0.25) is 24.0 Å². The van der Waals surface area contributed by atoms with Crippen molar-refractivity contribution < 1.29 is 28.8 Å². The van der Waals surface area contributed by atoms with E-state index in [0.29, 0.717) is 19.3 Å². The van der Waals surface area contributed by atoms with Crippen molar-refractivity contribution in [3.05, 3.63) is 12.2 Å². The second kappa shape index (κ2) is 9.38. The third kappa shape index (κ3) is 4.71. The van der Waals surface area contributed by atoms with Gasteiger partial charge in [-0.25, -0.2) is 5.01 Å². The third-order valence-corrected chi connectivity index (χ3v) is 4.68. The number of hydrogen-bond donors (Lipinski definition) is 0. The molecule has 0 aromatic carbocycles. The summed E-state index contributed by atoms with van der Waals surface area (Å²) in [5, 5.41) is 1.73. The Bertz CT molecular complexity index is 680. The third-order valence-electron chi connectivity index (χ3n) is 4.68. The van der Waals surface area contributed by atoms with Crippen LogP contribution in [0.4, 0.5) is 0 Å². The summed E-state index contributed by atoms with van der Waals surface area (Å²) in [6.45, 7) is 3.68. The number of rotatable bonds is 10. The second-order valence-corrected chi connectivity index (χ2v) is 7.12. The molecule has 1 radical (unpaired) electrons. The Kier molecular flexibility index (Phi) is 7.19. The van der Waals surface area contributed by atoms with E-state index in [9.17, 15) is 28.8 Å². The van der Waals surface area contributed by atoms with E-state index in [-0.39, 0.29) is 43.5 Å². The minimum atomic E-state index is -1.02. The van der Waals surface area contributed by atoms with Gasteiger partial charge >= 0.3 is 0 Å². The fourth-order valence-electron chi connectivity index (χ4n) is 3.15. The van der Waals surface area contributed by atoms with Crippen LogP contribution in [0.3, 0.4) is 0 Å². The summed E-state index contributed by atoms with van der Waals surface area (Å²) in [4.78, 5) is 72.3. The Morgan fingerprint density at radius 1 is 1.04 bits per heavy atom. The number of amides is 5. The first-order chi connectivity index (χ1) is 13.3. The van der Waals surface area contributed by atoms with Gasteiger partial charge in [-0.2, -0.15) is 5.01 Å². The zero-order valence-electron chi connectivity index (χ0n) is 16.1. The van der Waals surface area contributed by atoms with E-state index in [0.717, 1.165) is 14.9 Å². The lowest BCUT2D eigenvalue weighted by atomic mass is 10.0. The fraction of sp³-hybridized carbons (Fsp3) is 0.579. The van der Waals surface area contributed by atoms with Crippen molar-refractivity contribution in [3.8, 4) is 0 Å². The Hall–Kier alpha value is -2.84. The van der Waals surface area contributed by atoms with E-state index in [1.54, 1.807) is 20.1 Å². The molecule has 1 fully saturated rings. The van der Waals surface area contributed by atoms with E-state index in [4.69, 9.17) is 0 Å². The fourth-order valence-corrected chi connectivity index (χ4v) is 3.15. The molecule has 2 rings (SSSR count). The zero-order valence-corrected chi connectivity index (χ0v) is 16.1. The Morgan fingerprint density at radius 3 is 2.11 bits per heavy atom. The lowest BCUT2D eigenvalue weighted by molar-refractivity contribution is -0.172. The molecule has 2 aliphatic heterocycles. The van der Waals surface area contributed by atoms with E-state index >= 15 is 0 Å². The molecule has 1 atom stereocenters. The van der Waals surface area contributed by atoms with Gasteiger partial charge in [0.1, 0.15) is 6.04 Å². The summed E-state index contributed by atoms with van der Waals surface area (Å²) in [6.07, 6.45) is 5.78. The highest BCUT2D eigenvalue weighted by atomic mass is 16.2. The summed E-state index contributed by atoms with van der Waals surface area (Å²) >= 11 is 0. The molecule has 9 nitrogen and oxygen atoms in total. The average molecular weight is 390 g/mol. The van der Waals surface area contributed by atoms with Crippen LogP contribution in [-0.4, -0.2) is 63.3 Å². The van der Waals surface area contributed by atoms with Crippen LogP contribution in [0.2, 0.25) is 0 Å². The first kappa shape index (κ1) is 21.5. The Labute approximate surface area is 163 Å². The number of imide groups is 2. The minimum Gasteiger partial charge on any atom is -0.288 e. The monoisotopic (exact) mass is 390 g/mol. The van der Waals surface area contributed by atoms with E-state index in [2.05, 4.69) is 0 Å². The normalized spacial score (nSPS) is 17.8. The van der Waals surface area contributed by atoms with Gasteiger partial charge in [0, 0.05) is 38.0 Å². The Balaban J connectivity index is 1.92. The summed E-state index contributed by atoms with van der Waals surface area (Å²) in [5.74, 6) is -2.52. The summed E-state index contributed by atoms with van der Waals surface area (Å²) < 4.78 is 0. The molecule has 0 aliphatic carbocycles. The minimum absolute atomic E-state index is 0.0121. The standard InChI is InChI=1S/C19H24N3O6/c1-13(2)14(12-23)21(22-18(27)9-10-19(22)28)17(26)6-4-3-5-11-20-15(24)7-8-16(20)25/h7-8,13-14H,3-6,9-11H2,1-2H3/t14-/m1/s1. The molecule has 0 bridgehead atoms. The van der Waals surface area contributed by atoms with Crippen LogP contribution in [0.25, 0.3) is 0 Å². The molecule has 9 heteroatoms. The van der Waals surface area contributed by atoms with Crippen molar-refractivity contribution in [1.29, 1.82) is 0 Å². The number of carbonyl (C=O) groups is 5. The highest BCUT2D eigenvalue weighted by Crippen LogP contribution is 2.22. The summed E-state index contributed by atoms with van der Waals surface area (Å²) in [6, 6.07) is -1.02. The van der Waals surface area contributed by atoms with Crippen molar-refractivity contribution in [3.63, 3.8) is 0 Å². The molecule has 0 unspecified atom stereocenters. The summed E-state index contributed by atoms with van der Waals surface area (Å²) in [7, 11) is 0. The zero-order chi connectivity index (χ0) is 20.8. The maximum atomic E-state index is 12.7. The van der Waals surface area contributed by atoms with Crippen LogP contribution in [0.15, 0.2) is 12.2 Å². The maximum Gasteiger partial charge on any atom is 0.253 e. The van der Waals surface area contributed by atoms with E-state index in [1.807, 2.05) is 0 Å². The van der Waals surface area contributed by atoms with Crippen LogP contribution in [0.5, 0.6) is 0 Å². The van der Waals surface area contributed by atoms with Gasteiger partial charge in [-0.3, -0.25) is 33.7 Å². The first-order valence-electron chi connectivity index (χ1n) is 9.37. The van der Waals surface area contributed by atoms with Crippen LogP contribution in [0.1, 0.15) is 52.4 Å².